The molecule has 0 fully saturated rings. The number of aryl methyl sites for hydroxylation is 1. The van der Waals surface area contributed by atoms with E-state index in [0.29, 0.717) is 35.0 Å². The molecule has 2 aromatic rings. The molecular weight excluding hydrogens is 376 g/mol. The van der Waals surface area contributed by atoms with E-state index in [1.54, 1.807) is 44.6 Å². The van der Waals surface area contributed by atoms with E-state index in [1.807, 2.05) is 6.07 Å². The summed E-state index contributed by atoms with van der Waals surface area (Å²) in [5, 5.41) is 5.52. The smallest absolute Gasteiger partial charge is 0.250 e. The van der Waals surface area contributed by atoms with Crippen LogP contribution in [0.3, 0.4) is 0 Å². The highest BCUT2D eigenvalue weighted by atomic mass is 16.5. The van der Waals surface area contributed by atoms with Crippen LogP contribution in [0.1, 0.15) is 12.0 Å². The lowest BCUT2D eigenvalue weighted by Crippen LogP contribution is -2.17. The van der Waals surface area contributed by atoms with Gasteiger partial charge in [0.25, 0.3) is 0 Å². The van der Waals surface area contributed by atoms with Crippen LogP contribution in [0, 0.1) is 0 Å². The van der Waals surface area contributed by atoms with Gasteiger partial charge in [0, 0.05) is 24.9 Å². The van der Waals surface area contributed by atoms with Gasteiger partial charge in [0.05, 0.1) is 21.3 Å². The van der Waals surface area contributed by atoms with Gasteiger partial charge >= 0.3 is 0 Å². The molecule has 8 heteroatoms. The molecule has 2 rings (SSSR count). The molecule has 0 saturated carbocycles. The fraction of sp³-hybridized carbons (Fsp3) is 0.333. The van der Waals surface area contributed by atoms with Gasteiger partial charge in [-0.1, -0.05) is 12.1 Å². The molecule has 156 valence electrons. The van der Waals surface area contributed by atoms with Gasteiger partial charge in [-0.3, -0.25) is 9.59 Å². The van der Waals surface area contributed by atoms with Crippen LogP contribution >= 0.6 is 0 Å². The third-order valence-corrected chi connectivity index (χ3v) is 4.11. The maximum absolute atomic E-state index is 12.4. The number of ether oxygens (including phenoxy) is 4. The van der Waals surface area contributed by atoms with Gasteiger partial charge in [-0.05, 0) is 36.2 Å². The molecule has 2 N–H and O–H groups in total. The van der Waals surface area contributed by atoms with Crippen LogP contribution in [0.25, 0.3) is 0 Å². The molecule has 0 radical (unpaired) electrons. The second-order valence-corrected chi connectivity index (χ2v) is 6.10. The Bertz CT molecular complexity index is 853. The number of hydrogen-bond acceptors (Lipinski definition) is 6. The van der Waals surface area contributed by atoms with Crippen LogP contribution in [-0.4, -0.2) is 46.9 Å². The van der Waals surface area contributed by atoms with Crippen molar-refractivity contribution in [1.29, 1.82) is 0 Å². The van der Waals surface area contributed by atoms with E-state index < -0.39 is 0 Å². The SMILES string of the molecule is COCC(=O)Nc1cccc(NC(=O)CCc2ccc(OC)c(OC)c2OC)c1. The zero-order valence-electron chi connectivity index (χ0n) is 17.0. The topological polar surface area (TPSA) is 95.1 Å². The summed E-state index contributed by atoms with van der Waals surface area (Å²) in [5.41, 5.74) is 2.00. The number of carbonyl (C=O) groups excluding carboxylic acids is 2. The molecule has 2 aromatic carbocycles. The molecule has 8 nitrogen and oxygen atoms in total. The molecule has 0 atom stereocenters. The number of methoxy groups -OCH3 is 4. The largest absolute Gasteiger partial charge is 0.493 e. The molecule has 0 aromatic heterocycles. The normalized spacial score (nSPS) is 10.2. The van der Waals surface area contributed by atoms with E-state index in [9.17, 15) is 9.59 Å². The molecule has 0 bridgehead atoms. The van der Waals surface area contributed by atoms with Crippen molar-refractivity contribution >= 4 is 23.2 Å². The van der Waals surface area contributed by atoms with E-state index in [1.165, 1.54) is 14.2 Å². The summed E-state index contributed by atoms with van der Waals surface area (Å²) in [4.78, 5) is 24.0. The lowest BCUT2D eigenvalue weighted by molar-refractivity contribution is -0.119. The summed E-state index contributed by atoms with van der Waals surface area (Å²) in [7, 11) is 6.08. The molecule has 0 unspecified atom stereocenters. The third kappa shape index (κ3) is 6.11. The Morgan fingerprint density at radius 2 is 1.48 bits per heavy atom. The second kappa shape index (κ2) is 10.9. The molecule has 0 aliphatic rings. The van der Waals surface area contributed by atoms with E-state index in [-0.39, 0.29) is 24.8 Å². The van der Waals surface area contributed by atoms with Crippen molar-refractivity contribution in [2.45, 2.75) is 12.8 Å². The molecular formula is C21H26N2O6. The average Bonchev–Trinajstić information content (AvgIpc) is 2.71. The second-order valence-electron chi connectivity index (χ2n) is 6.10. The van der Waals surface area contributed by atoms with E-state index in [4.69, 9.17) is 18.9 Å². The predicted molar refractivity (Wildman–Crippen MR) is 110 cm³/mol. The summed E-state index contributed by atoms with van der Waals surface area (Å²) < 4.78 is 20.9. The lowest BCUT2D eigenvalue weighted by Gasteiger charge is -2.15. The minimum absolute atomic E-state index is 0.0380. The van der Waals surface area contributed by atoms with Crippen molar-refractivity contribution in [3.8, 4) is 17.2 Å². The lowest BCUT2D eigenvalue weighted by atomic mass is 10.1. The Balaban J connectivity index is 2.01. The molecule has 0 saturated heterocycles. The first-order valence-corrected chi connectivity index (χ1v) is 8.99. The van der Waals surface area contributed by atoms with Crippen molar-refractivity contribution in [2.75, 3.05) is 45.7 Å². The third-order valence-electron chi connectivity index (χ3n) is 4.11. The van der Waals surface area contributed by atoms with E-state index in [2.05, 4.69) is 10.6 Å². The maximum atomic E-state index is 12.4. The first-order chi connectivity index (χ1) is 14.0. The molecule has 29 heavy (non-hydrogen) atoms. The number of rotatable bonds is 10. The molecule has 0 aliphatic heterocycles. The van der Waals surface area contributed by atoms with Crippen LogP contribution in [0.5, 0.6) is 17.2 Å². The van der Waals surface area contributed by atoms with Crippen LogP contribution < -0.4 is 24.8 Å². The van der Waals surface area contributed by atoms with Crippen molar-refractivity contribution in [2.24, 2.45) is 0 Å². The minimum atomic E-state index is -0.267. The highest BCUT2D eigenvalue weighted by Crippen LogP contribution is 2.40. The van der Waals surface area contributed by atoms with Gasteiger partial charge in [0.1, 0.15) is 6.61 Å². The average molecular weight is 402 g/mol. The highest BCUT2D eigenvalue weighted by Gasteiger charge is 2.16. The number of anilines is 2. The van der Waals surface area contributed by atoms with Crippen LogP contribution in [0.4, 0.5) is 11.4 Å². The Morgan fingerprint density at radius 3 is 2.07 bits per heavy atom. The van der Waals surface area contributed by atoms with E-state index >= 15 is 0 Å². The van der Waals surface area contributed by atoms with Crippen LogP contribution in [-0.2, 0) is 20.7 Å². The summed E-state index contributed by atoms with van der Waals surface area (Å²) in [5.74, 6) is 1.17. The maximum Gasteiger partial charge on any atom is 0.250 e. The summed E-state index contributed by atoms with van der Waals surface area (Å²) >= 11 is 0. The van der Waals surface area contributed by atoms with Gasteiger partial charge in [-0.25, -0.2) is 0 Å². The zero-order valence-corrected chi connectivity index (χ0v) is 17.0. The Morgan fingerprint density at radius 1 is 0.828 bits per heavy atom. The minimum Gasteiger partial charge on any atom is -0.493 e. The standard InChI is InChI=1S/C21H26N2O6/c1-26-13-19(25)23-16-7-5-6-15(12-16)22-18(24)11-9-14-8-10-17(27-2)21(29-4)20(14)28-3/h5-8,10,12H,9,11,13H2,1-4H3,(H,22,24)(H,23,25). The number of benzene rings is 2. The van der Waals surface area contributed by atoms with Crippen molar-refractivity contribution in [3.63, 3.8) is 0 Å². The Hall–Kier alpha value is -3.26. The highest BCUT2D eigenvalue weighted by molar-refractivity contribution is 5.94. The summed E-state index contributed by atoms with van der Waals surface area (Å²) in [6.07, 6.45) is 0.700. The van der Waals surface area contributed by atoms with Gasteiger partial charge in [0.15, 0.2) is 11.5 Å². The first-order valence-electron chi connectivity index (χ1n) is 8.99. The molecule has 0 heterocycles. The monoisotopic (exact) mass is 402 g/mol. The number of carbonyl (C=O) groups is 2. The van der Waals surface area contributed by atoms with Gasteiger partial charge in [-0.15, -0.1) is 0 Å². The van der Waals surface area contributed by atoms with Crippen molar-refractivity contribution < 1.29 is 28.5 Å². The Labute approximate surface area is 170 Å². The fourth-order valence-electron chi connectivity index (χ4n) is 2.83. The molecule has 2 amide bonds. The van der Waals surface area contributed by atoms with Gasteiger partial charge in [0.2, 0.25) is 17.6 Å². The van der Waals surface area contributed by atoms with E-state index in [0.717, 1.165) is 5.56 Å². The molecule has 0 spiro atoms. The quantitative estimate of drug-likeness (QED) is 0.635. The van der Waals surface area contributed by atoms with Crippen molar-refractivity contribution in [1.82, 2.24) is 0 Å². The molecule has 0 aliphatic carbocycles. The zero-order chi connectivity index (χ0) is 21.2. The summed E-state index contributed by atoms with van der Waals surface area (Å²) in [6.45, 7) is -0.0380. The summed E-state index contributed by atoms with van der Waals surface area (Å²) in [6, 6.07) is 10.5. The number of amides is 2. The fourth-order valence-corrected chi connectivity index (χ4v) is 2.83. The first kappa shape index (κ1) is 22.0. The van der Waals surface area contributed by atoms with Gasteiger partial charge in [-0.2, -0.15) is 0 Å². The van der Waals surface area contributed by atoms with Crippen LogP contribution in [0.15, 0.2) is 36.4 Å². The predicted octanol–water partition coefficient (Wildman–Crippen LogP) is 2.87. The number of hydrogen-bond donors (Lipinski definition) is 2. The van der Waals surface area contributed by atoms with Crippen molar-refractivity contribution in [3.05, 3.63) is 42.0 Å². The van der Waals surface area contributed by atoms with Crippen LogP contribution in [0.2, 0.25) is 0 Å². The Kier molecular flexibility index (Phi) is 8.29. The number of nitrogens with one attached hydrogen (secondary N) is 2. The van der Waals surface area contributed by atoms with Gasteiger partial charge < -0.3 is 29.6 Å².